The summed E-state index contributed by atoms with van der Waals surface area (Å²) in [6, 6.07) is 7.97. The Hall–Kier alpha value is -3.48. The van der Waals surface area contributed by atoms with Gasteiger partial charge in [-0.15, -0.1) is 0 Å². The molecule has 0 fully saturated rings. The van der Waals surface area contributed by atoms with Crippen molar-refractivity contribution in [2.24, 2.45) is 0 Å². The van der Waals surface area contributed by atoms with Gasteiger partial charge in [0.15, 0.2) is 11.6 Å². The molecule has 5 rings (SSSR count). The lowest BCUT2D eigenvalue weighted by Gasteiger charge is -2.21. The van der Waals surface area contributed by atoms with E-state index in [1.54, 1.807) is 23.5 Å². The number of aromatic nitrogens is 3. The average molecular weight is 401 g/mol. The molecule has 1 amide bonds. The number of nitrogens with one attached hydrogen (secondary N) is 1. The molecule has 7 nitrogen and oxygen atoms in total. The molecule has 1 N–H and O–H groups in total. The number of amides is 1. The van der Waals surface area contributed by atoms with E-state index in [9.17, 15) is 4.79 Å². The van der Waals surface area contributed by atoms with E-state index in [1.807, 2.05) is 45.0 Å². The van der Waals surface area contributed by atoms with Gasteiger partial charge in [0, 0.05) is 30.6 Å². The van der Waals surface area contributed by atoms with Crippen LogP contribution in [0.2, 0.25) is 0 Å². The Kier molecular flexibility index (Phi) is 4.20. The molecule has 4 heterocycles. The van der Waals surface area contributed by atoms with Crippen LogP contribution in [-0.2, 0) is 10.2 Å². The van der Waals surface area contributed by atoms with Crippen molar-refractivity contribution in [3.8, 4) is 16.9 Å². The highest BCUT2D eigenvalue weighted by Gasteiger charge is 2.45. The number of rotatable bonds is 2. The Morgan fingerprint density at radius 1 is 1.07 bits per heavy atom. The molecule has 2 aliphatic rings. The number of fused-ring (bicyclic) bond motifs is 2. The second kappa shape index (κ2) is 6.79. The molecular formula is C23H23N5O2. The molecule has 0 aliphatic carbocycles. The summed E-state index contributed by atoms with van der Waals surface area (Å²) in [6.45, 7) is 7.21. The number of hydrogen-bond acceptors (Lipinski definition) is 6. The second-order valence-corrected chi connectivity index (χ2v) is 8.19. The molecule has 2 aliphatic heterocycles. The summed E-state index contributed by atoms with van der Waals surface area (Å²) in [5.74, 6) is 2.13. The fourth-order valence-corrected chi connectivity index (χ4v) is 3.99. The largest absolute Gasteiger partial charge is 0.490 e. The Morgan fingerprint density at radius 2 is 1.87 bits per heavy atom. The van der Waals surface area contributed by atoms with Gasteiger partial charge in [0.25, 0.3) is 0 Å². The first-order valence-corrected chi connectivity index (χ1v) is 10.1. The summed E-state index contributed by atoms with van der Waals surface area (Å²) in [5, 5.41) is 3.27. The first kappa shape index (κ1) is 18.5. The van der Waals surface area contributed by atoms with E-state index in [2.05, 4.69) is 20.3 Å². The van der Waals surface area contributed by atoms with Gasteiger partial charge in [0.05, 0.1) is 29.6 Å². The third kappa shape index (κ3) is 2.89. The molecule has 30 heavy (non-hydrogen) atoms. The number of hydrogen-bond donors (Lipinski definition) is 1. The zero-order valence-corrected chi connectivity index (χ0v) is 17.3. The first-order chi connectivity index (χ1) is 14.4. The van der Waals surface area contributed by atoms with Crippen LogP contribution in [0.25, 0.3) is 11.1 Å². The summed E-state index contributed by atoms with van der Waals surface area (Å²) in [6.07, 6.45) is 6.25. The summed E-state index contributed by atoms with van der Waals surface area (Å²) in [7, 11) is 0. The zero-order valence-electron chi connectivity index (χ0n) is 17.3. The molecule has 1 aromatic carbocycles. The van der Waals surface area contributed by atoms with Gasteiger partial charge in [0.2, 0.25) is 5.91 Å². The van der Waals surface area contributed by atoms with Crippen LogP contribution in [0.4, 0.5) is 17.2 Å². The monoisotopic (exact) mass is 401 g/mol. The van der Waals surface area contributed by atoms with Crippen LogP contribution in [0.15, 0.2) is 42.9 Å². The lowest BCUT2D eigenvalue weighted by Crippen LogP contribution is -2.33. The van der Waals surface area contributed by atoms with Gasteiger partial charge >= 0.3 is 0 Å². The summed E-state index contributed by atoms with van der Waals surface area (Å²) in [5.41, 5.74) is 3.78. The summed E-state index contributed by atoms with van der Waals surface area (Å²) in [4.78, 5) is 28.3. The SMILES string of the molecule is Cc1ncc(-c2ccc3c(c2)N(c2cnc4c(c2)OCCCN4)C(=O)C3(C)C)cn1. The fraction of sp³-hybridized carbons (Fsp3) is 0.304. The maximum atomic E-state index is 13.4. The number of carbonyl (C=O) groups is 1. The maximum Gasteiger partial charge on any atom is 0.241 e. The zero-order chi connectivity index (χ0) is 20.9. The third-order valence-electron chi connectivity index (χ3n) is 5.73. The highest BCUT2D eigenvalue weighted by molar-refractivity contribution is 6.13. The molecule has 0 atom stereocenters. The van der Waals surface area contributed by atoms with Gasteiger partial charge in [-0.25, -0.2) is 15.0 Å². The highest BCUT2D eigenvalue weighted by atomic mass is 16.5. The summed E-state index contributed by atoms with van der Waals surface area (Å²) >= 11 is 0. The Balaban J connectivity index is 1.62. The Labute approximate surface area is 175 Å². The molecule has 0 saturated heterocycles. The fourth-order valence-electron chi connectivity index (χ4n) is 3.99. The van der Waals surface area contributed by atoms with E-state index in [4.69, 9.17) is 4.74 Å². The predicted molar refractivity (Wildman–Crippen MR) is 115 cm³/mol. The minimum absolute atomic E-state index is 0.0122. The molecule has 3 aromatic rings. The topological polar surface area (TPSA) is 80.2 Å². The van der Waals surface area contributed by atoms with Gasteiger partial charge < -0.3 is 10.1 Å². The quantitative estimate of drug-likeness (QED) is 0.699. The minimum Gasteiger partial charge on any atom is -0.490 e. The number of nitrogens with zero attached hydrogens (tertiary/aromatic N) is 4. The van der Waals surface area contributed by atoms with E-state index in [1.165, 1.54) is 0 Å². The maximum absolute atomic E-state index is 13.4. The molecule has 152 valence electrons. The number of carbonyl (C=O) groups excluding carboxylic acids is 1. The molecule has 7 heteroatoms. The number of aryl methyl sites for hydroxylation is 1. The Morgan fingerprint density at radius 3 is 2.67 bits per heavy atom. The molecule has 0 bridgehead atoms. The molecule has 0 radical (unpaired) electrons. The Bertz CT molecular complexity index is 1140. The predicted octanol–water partition coefficient (Wildman–Crippen LogP) is 4.00. The number of benzene rings is 1. The van der Waals surface area contributed by atoms with Crippen LogP contribution in [0.5, 0.6) is 5.75 Å². The van der Waals surface area contributed by atoms with Crippen molar-refractivity contribution < 1.29 is 9.53 Å². The van der Waals surface area contributed by atoms with Crippen LogP contribution in [0.3, 0.4) is 0 Å². The normalized spacial score (nSPS) is 16.9. The van der Waals surface area contributed by atoms with Crippen molar-refractivity contribution in [1.29, 1.82) is 0 Å². The van der Waals surface area contributed by atoms with Crippen LogP contribution >= 0.6 is 0 Å². The minimum atomic E-state index is -0.635. The molecule has 0 saturated carbocycles. The van der Waals surface area contributed by atoms with Gasteiger partial charge in [0.1, 0.15) is 5.82 Å². The van der Waals surface area contributed by atoms with Crippen LogP contribution in [-0.4, -0.2) is 34.0 Å². The van der Waals surface area contributed by atoms with Gasteiger partial charge in [-0.3, -0.25) is 9.69 Å². The van der Waals surface area contributed by atoms with Crippen molar-refractivity contribution in [2.75, 3.05) is 23.4 Å². The number of ether oxygens (including phenoxy) is 1. The van der Waals surface area contributed by atoms with Crippen LogP contribution < -0.4 is 15.0 Å². The van der Waals surface area contributed by atoms with Crippen LogP contribution in [0.1, 0.15) is 31.7 Å². The van der Waals surface area contributed by atoms with Crippen molar-refractivity contribution in [2.45, 2.75) is 32.6 Å². The first-order valence-electron chi connectivity index (χ1n) is 10.1. The van der Waals surface area contributed by atoms with E-state index in [0.29, 0.717) is 23.9 Å². The van der Waals surface area contributed by atoms with Gasteiger partial charge in [-0.1, -0.05) is 12.1 Å². The number of pyridine rings is 1. The third-order valence-corrected chi connectivity index (χ3v) is 5.73. The second-order valence-electron chi connectivity index (χ2n) is 8.19. The van der Waals surface area contributed by atoms with E-state index in [-0.39, 0.29) is 5.91 Å². The van der Waals surface area contributed by atoms with Crippen LogP contribution in [0, 0.1) is 6.92 Å². The molecule has 0 spiro atoms. The van der Waals surface area contributed by atoms with Crippen molar-refractivity contribution in [1.82, 2.24) is 15.0 Å². The smallest absolute Gasteiger partial charge is 0.241 e. The van der Waals surface area contributed by atoms with Crippen molar-refractivity contribution >= 4 is 23.1 Å². The average Bonchev–Trinajstić information content (AvgIpc) is 2.89. The molecular weight excluding hydrogens is 378 g/mol. The van der Waals surface area contributed by atoms with E-state index >= 15 is 0 Å². The molecule has 0 unspecified atom stereocenters. The van der Waals surface area contributed by atoms with E-state index < -0.39 is 5.41 Å². The van der Waals surface area contributed by atoms with Crippen molar-refractivity contribution in [3.63, 3.8) is 0 Å². The lowest BCUT2D eigenvalue weighted by atomic mass is 9.85. The highest BCUT2D eigenvalue weighted by Crippen LogP contribution is 2.47. The van der Waals surface area contributed by atoms with E-state index in [0.717, 1.165) is 41.2 Å². The van der Waals surface area contributed by atoms with Gasteiger partial charge in [-0.2, -0.15) is 0 Å². The molecule has 2 aromatic heterocycles. The lowest BCUT2D eigenvalue weighted by molar-refractivity contribution is -0.121. The van der Waals surface area contributed by atoms with Crippen molar-refractivity contribution in [3.05, 3.63) is 54.2 Å². The standard InChI is InChI=1S/C23H23N5O2/c1-14-25-11-16(12-26-14)15-5-6-18-19(9-15)28(22(29)23(18,2)3)17-10-20-21(27-13-17)24-7-4-8-30-20/h5-6,9-13H,4,7-8H2,1-3H3,(H,24,27). The van der Waals surface area contributed by atoms with Gasteiger partial charge in [-0.05, 0) is 44.4 Å². The number of anilines is 3. The summed E-state index contributed by atoms with van der Waals surface area (Å²) < 4.78 is 5.85.